The van der Waals surface area contributed by atoms with Gasteiger partial charge in [0.15, 0.2) is 0 Å². The van der Waals surface area contributed by atoms with Crippen LogP contribution in [0.1, 0.15) is 45.1 Å². The summed E-state index contributed by atoms with van der Waals surface area (Å²) in [5.41, 5.74) is 16.9. The lowest BCUT2D eigenvalue weighted by Crippen LogP contribution is -2.58. The Balaban J connectivity index is 3.16. The highest BCUT2D eigenvalue weighted by Crippen LogP contribution is 2.09. The van der Waals surface area contributed by atoms with Crippen LogP contribution in [-0.4, -0.2) is 64.8 Å². The first-order chi connectivity index (χ1) is 17.3. The Morgan fingerprint density at radius 3 is 1.89 bits per heavy atom. The Morgan fingerprint density at radius 2 is 1.38 bits per heavy atom. The summed E-state index contributed by atoms with van der Waals surface area (Å²) in [6, 6.07) is 3.73. The summed E-state index contributed by atoms with van der Waals surface area (Å²) in [4.78, 5) is 72.7. The van der Waals surface area contributed by atoms with Crippen LogP contribution in [0.3, 0.4) is 0 Å². The fourth-order valence-corrected chi connectivity index (χ4v) is 3.34. The maximum Gasteiger partial charge on any atom is 0.326 e. The number of carboxylic acid groups (broad SMARTS) is 1. The highest BCUT2D eigenvalue weighted by atomic mass is 16.4. The molecule has 0 bridgehead atoms. The van der Waals surface area contributed by atoms with E-state index in [9.17, 15) is 33.9 Å². The molecular weight excluding hydrogens is 484 g/mol. The minimum absolute atomic E-state index is 0.0647. The van der Waals surface area contributed by atoms with Crippen LogP contribution < -0.4 is 33.2 Å². The van der Waals surface area contributed by atoms with Crippen molar-refractivity contribution in [3.63, 3.8) is 0 Å². The lowest BCUT2D eigenvalue weighted by Gasteiger charge is -2.26. The number of hydrogen-bond acceptors (Lipinski definition) is 7. The molecule has 0 aliphatic carbocycles. The number of carboxylic acids is 1. The van der Waals surface area contributed by atoms with E-state index in [0.29, 0.717) is 12.0 Å². The number of carbonyl (C=O) groups excluding carboxylic acids is 5. The van der Waals surface area contributed by atoms with E-state index in [-0.39, 0.29) is 25.2 Å². The summed E-state index contributed by atoms with van der Waals surface area (Å²) in [5.74, 6) is -5.69. The van der Waals surface area contributed by atoms with Gasteiger partial charge < -0.3 is 38.3 Å². The van der Waals surface area contributed by atoms with Crippen LogP contribution >= 0.6 is 0 Å². The highest BCUT2D eigenvalue weighted by Gasteiger charge is 2.31. The highest BCUT2D eigenvalue weighted by molar-refractivity contribution is 5.95. The summed E-state index contributed by atoms with van der Waals surface area (Å²) in [7, 11) is 0. The van der Waals surface area contributed by atoms with E-state index in [1.54, 1.807) is 37.3 Å². The quantitative estimate of drug-likeness (QED) is 0.132. The number of rotatable bonds is 16. The molecule has 1 aromatic carbocycles. The fraction of sp³-hybridized carbons (Fsp3) is 0.500. The second kappa shape index (κ2) is 15.2. The van der Waals surface area contributed by atoms with E-state index in [2.05, 4.69) is 16.0 Å². The number of nitrogens with one attached hydrogen (secondary N) is 3. The number of aliphatic carboxylic acids is 1. The van der Waals surface area contributed by atoms with Gasteiger partial charge >= 0.3 is 5.97 Å². The molecule has 0 radical (unpaired) electrons. The fourth-order valence-electron chi connectivity index (χ4n) is 3.34. The molecule has 0 aromatic heterocycles. The lowest BCUT2D eigenvalue weighted by molar-refractivity contribution is -0.144. The standard InChI is InChI=1S/C24H36N6O7/c1-3-13(2)20(27)23(35)29-16(11-14-7-5-4-6-8-14)22(34)28-15(9-10-18(25)31)21(33)30-17(24(36)37)12-19(26)32/h4-8,13,15-17,20H,3,9-12,27H2,1-2H3,(H2,25,31)(H2,26,32)(H,28,34)(H,29,35)(H,30,33)(H,36,37). The molecule has 13 nitrogen and oxygen atoms in total. The largest absolute Gasteiger partial charge is 0.480 e. The molecule has 204 valence electrons. The number of benzene rings is 1. The molecule has 5 amide bonds. The van der Waals surface area contributed by atoms with Crippen LogP contribution in [0.25, 0.3) is 0 Å². The third kappa shape index (κ3) is 11.1. The minimum atomic E-state index is -1.65. The molecule has 5 unspecified atom stereocenters. The maximum atomic E-state index is 13.2. The van der Waals surface area contributed by atoms with Crippen LogP contribution in [0, 0.1) is 5.92 Å². The summed E-state index contributed by atoms with van der Waals surface area (Å²) in [6.07, 6.45) is -0.544. The van der Waals surface area contributed by atoms with Gasteiger partial charge in [-0.1, -0.05) is 50.6 Å². The number of carbonyl (C=O) groups is 6. The van der Waals surface area contributed by atoms with Gasteiger partial charge in [0.25, 0.3) is 0 Å². The van der Waals surface area contributed by atoms with E-state index in [1.165, 1.54) is 0 Å². The van der Waals surface area contributed by atoms with E-state index in [1.807, 2.05) is 6.92 Å². The van der Waals surface area contributed by atoms with E-state index >= 15 is 0 Å². The third-order valence-electron chi connectivity index (χ3n) is 5.81. The molecule has 0 heterocycles. The molecule has 37 heavy (non-hydrogen) atoms. The predicted octanol–water partition coefficient (Wildman–Crippen LogP) is -1.72. The zero-order valence-corrected chi connectivity index (χ0v) is 20.9. The summed E-state index contributed by atoms with van der Waals surface area (Å²) in [5, 5.41) is 16.5. The SMILES string of the molecule is CCC(C)C(N)C(=O)NC(Cc1ccccc1)C(=O)NC(CCC(N)=O)C(=O)NC(CC(N)=O)C(=O)O. The van der Waals surface area contributed by atoms with E-state index in [0.717, 1.165) is 0 Å². The van der Waals surface area contributed by atoms with Gasteiger partial charge in [-0.15, -0.1) is 0 Å². The molecule has 13 heteroatoms. The van der Waals surface area contributed by atoms with Gasteiger partial charge in [0.1, 0.15) is 18.1 Å². The van der Waals surface area contributed by atoms with Crippen molar-refractivity contribution in [2.24, 2.45) is 23.1 Å². The van der Waals surface area contributed by atoms with E-state index < -0.39 is 66.1 Å². The molecule has 10 N–H and O–H groups in total. The van der Waals surface area contributed by atoms with Crippen molar-refractivity contribution in [3.8, 4) is 0 Å². The summed E-state index contributed by atoms with van der Waals surface area (Å²) < 4.78 is 0. The van der Waals surface area contributed by atoms with Crippen molar-refractivity contribution in [3.05, 3.63) is 35.9 Å². The van der Waals surface area contributed by atoms with Gasteiger partial charge in [-0.3, -0.25) is 24.0 Å². The monoisotopic (exact) mass is 520 g/mol. The Morgan fingerprint density at radius 1 is 0.838 bits per heavy atom. The van der Waals surface area contributed by atoms with Crippen LogP contribution in [0.5, 0.6) is 0 Å². The van der Waals surface area contributed by atoms with Crippen LogP contribution in [-0.2, 0) is 35.2 Å². The summed E-state index contributed by atoms with van der Waals surface area (Å²) >= 11 is 0. The average Bonchev–Trinajstić information content (AvgIpc) is 2.84. The summed E-state index contributed by atoms with van der Waals surface area (Å²) in [6.45, 7) is 3.67. The lowest BCUT2D eigenvalue weighted by atomic mass is 9.98. The molecule has 1 rings (SSSR count). The number of hydrogen-bond donors (Lipinski definition) is 7. The zero-order chi connectivity index (χ0) is 28.1. The van der Waals surface area contributed by atoms with Gasteiger partial charge in [-0.05, 0) is 17.9 Å². The predicted molar refractivity (Wildman–Crippen MR) is 133 cm³/mol. The van der Waals surface area contributed by atoms with Crippen molar-refractivity contribution in [2.75, 3.05) is 0 Å². The molecule has 0 aliphatic heterocycles. The molecule has 5 atom stereocenters. The van der Waals surface area contributed by atoms with Crippen molar-refractivity contribution in [2.45, 2.75) is 70.1 Å². The maximum absolute atomic E-state index is 13.2. The van der Waals surface area contributed by atoms with Crippen molar-refractivity contribution in [1.29, 1.82) is 0 Å². The Kier molecular flexibility index (Phi) is 12.7. The van der Waals surface area contributed by atoms with E-state index in [4.69, 9.17) is 17.2 Å². The smallest absolute Gasteiger partial charge is 0.326 e. The molecule has 0 saturated heterocycles. The van der Waals surface area contributed by atoms with Crippen LogP contribution in [0.15, 0.2) is 30.3 Å². The van der Waals surface area contributed by atoms with Gasteiger partial charge in [0, 0.05) is 12.8 Å². The molecule has 0 saturated carbocycles. The number of nitrogens with two attached hydrogens (primary N) is 3. The third-order valence-corrected chi connectivity index (χ3v) is 5.81. The first kappa shape index (κ1) is 31.0. The Hall–Kier alpha value is -4.00. The molecule has 0 aliphatic rings. The Bertz CT molecular complexity index is 972. The number of primary amides is 2. The first-order valence-electron chi connectivity index (χ1n) is 11.9. The molecule has 0 spiro atoms. The second-order valence-corrected chi connectivity index (χ2v) is 8.80. The molecule has 1 aromatic rings. The Labute approximate surface area is 214 Å². The second-order valence-electron chi connectivity index (χ2n) is 8.80. The zero-order valence-electron chi connectivity index (χ0n) is 20.9. The van der Waals surface area contributed by atoms with Crippen molar-refractivity contribution < 1.29 is 33.9 Å². The first-order valence-corrected chi connectivity index (χ1v) is 11.9. The molecule has 0 fully saturated rings. The van der Waals surface area contributed by atoms with Gasteiger partial charge in [-0.25, -0.2) is 4.79 Å². The van der Waals surface area contributed by atoms with Crippen LogP contribution in [0.2, 0.25) is 0 Å². The number of amides is 5. The minimum Gasteiger partial charge on any atom is -0.480 e. The van der Waals surface area contributed by atoms with Gasteiger partial charge in [0.05, 0.1) is 12.5 Å². The molecular formula is C24H36N6O7. The topological polar surface area (TPSA) is 237 Å². The van der Waals surface area contributed by atoms with Crippen LogP contribution in [0.4, 0.5) is 0 Å². The average molecular weight is 521 g/mol. The normalized spacial score (nSPS) is 14.8. The van der Waals surface area contributed by atoms with Gasteiger partial charge in [0.2, 0.25) is 29.5 Å². The van der Waals surface area contributed by atoms with Crippen molar-refractivity contribution >= 4 is 35.5 Å². The van der Waals surface area contributed by atoms with Crippen molar-refractivity contribution in [1.82, 2.24) is 16.0 Å². The van der Waals surface area contributed by atoms with Gasteiger partial charge in [-0.2, -0.15) is 0 Å².